The molecular weight excluding hydrogens is 245 g/mol. The molecular formula is C11H9BrFN. The minimum absolute atomic E-state index is 0.172. The van der Waals surface area contributed by atoms with Gasteiger partial charge in [0.2, 0.25) is 0 Å². The molecule has 0 radical (unpaired) electrons. The van der Waals surface area contributed by atoms with Crippen molar-refractivity contribution in [2.24, 2.45) is 0 Å². The van der Waals surface area contributed by atoms with Crippen LogP contribution in [0.5, 0.6) is 0 Å². The molecule has 3 heteroatoms. The van der Waals surface area contributed by atoms with Gasteiger partial charge in [-0.15, -0.1) is 0 Å². The minimum Gasteiger partial charge on any atom is -0.361 e. The number of hydrogen-bond acceptors (Lipinski definition) is 0. The van der Waals surface area contributed by atoms with Gasteiger partial charge < -0.3 is 4.98 Å². The van der Waals surface area contributed by atoms with Crippen LogP contribution in [-0.4, -0.2) is 4.98 Å². The molecule has 72 valence electrons. The van der Waals surface area contributed by atoms with E-state index in [0.717, 1.165) is 11.3 Å². The van der Waals surface area contributed by atoms with Gasteiger partial charge in [0.25, 0.3) is 0 Å². The van der Waals surface area contributed by atoms with Gasteiger partial charge in [-0.25, -0.2) is 4.39 Å². The maximum Gasteiger partial charge on any atom is 0.127 e. The molecule has 0 saturated carbocycles. The van der Waals surface area contributed by atoms with E-state index < -0.39 is 0 Å². The Morgan fingerprint density at radius 3 is 2.71 bits per heavy atom. The molecule has 2 rings (SSSR count). The normalized spacial score (nSPS) is 10.4. The number of H-pyrrole nitrogens is 1. The second kappa shape index (κ2) is 3.96. The smallest absolute Gasteiger partial charge is 0.127 e. The number of halogens is 2. The van der Waals surface area contributed by atoms with Crippen LogP contribution in [0.15, 0.2) is 36.5 Å². The second-order valence-electron chi connectivity index (χ2n) is 3.02. The van der Waals surface area contributed by atoms with E-state index in [1.807, 2.05) is 24.4 Å². The minimum atomic E-state index is -0.172. The quantitative estimate of drug-likeness (QED) is 0.786. The molecule has 0 unspecified atom stereocenters. The van der Waals surface area contributed by atoms with E-state index >= 15 is 0 Å². The molecule has 0 spiro atoms. The third-order valence-electron chi connectivity index (χ3n) is 2.11. The summed E-state index contributed by atoms with van der Waals surface area (Å²) in [5.74, 6) is -0.172. The predicted molar refractivity (Wildman–Crippen MR) is 58.8 cm³/mol. The van der Waals surface area contributed by atoms with Crippen LogP contribution < -0.4 is 0 Å². The topological polar surface area (TPSA) is 15.8 Å². The Morgan fingerprint density at radius 1 is 1.29 bits per heavy atom. The highest BCUT2D eigenvalue weighted by Crippen LogP contribution is 2.21. The van der Waals surface area contributed by atoms with E-state index in [9.17, 15) is 4.39 Å². The summed E-state index contributed by atoms with van der Waals surface area (Å²) in [5, 5.41) is 0.545. The monoisotopic (exact) mass is 253 g/mol. The summed E-state index contributed by atoms with van der Waals surface area (Å²) in [5.41, 5.74) is 2.49. The molecule has 0 atom stereocenters. The van der Waals surface area contributed by atoms with Crippen molar-refractivity contribution in [3.05, 3.63) is 47.9 Å². The Bertz CT molecular complexity index is 423. The van der Waals surface area contributed by atoms with E-state index in [-0.39, 0.29) is 5.82 Å². The maximum atomic E-state index is 13.4. The van der Waals surface area contributed by atoms with Crippen molar-refractivity contribution in [1.29, 1.82) is 0 Å². The average molecular weight is 254 g/mol. The number of hydrogen-bond donors (Lipinski definition) is 1. The van der Waals surface area contributed by atoms with Crippen molar-refractivity contribution in [2.75, 3.05) is 0 Å². The summed E-state index contributed by atoms with van der Waals surface area (Å²) in [4.78, 5) is 3.04. The van der Waals surface area contributed by atoms with Crippen LogP contribution in [0.25, 0.3) is 11.3 Å². The molecule has 0 fully saturated rings. The van der Waals surface area contributed by atoms with Crippen LogP contribution in [-0.2, 0) is 5.33 Å². The zero-order valence-electron chi connectivity index (χ0n) is 7.43. The van der Waals surface area contributed by atoms with E-state index in [1.54, 1.807) is 12.1 Å². The fraction of sp³-hybridized carbons (Fsp3) is 0.0909. The van der Waals surface area contributed by atoms with Gasteiger partial charge in [-0.2, -0.15) is 0 Å². The van der Waals surface area contributed by atoms with Gasteiger partial charge in [-0.05, 0) is 23.8 Å². The molecule has 1 aromatic carbocycles. The molecule has 1 aromatic heterocycles. The lowest BCUT2D eigenvalue weighted by molar-refractivity contribution is 0.618. The zero-order valence-corrected chi connectivity index (χ0v) is 9.01. The first-order valence-electron chi connectivity index (χ1n) is 4.29. The van der Waals surface area contributed by atoms with Crippen LogP contribution >= 0.6 is 15.9 Å². The lowest BCUT2D eigenvalue weighted by Crippen LogP contribution is -1.87. The lowest BCUT2D eigenvalue weighted by Gasteiger charge is -2.02. The van der Waals surface area contributed by atoms with Crippen molar-refractivity contribution >= 4 is 15.9 Å². The molecule has 14 heavy (non-hydrogen) atoms. The van der Waals surface area contributed by atoms with Gasteiger partial charge in [0.1, 0.15) is 5.82 Å². The fourth-order valence-electron chi connectivity index (χ4n) is 1.33. The van der Waals surface area contributed by atoms with Crippen molar-refractivity contribution in [3.63, 3.8) is 0 Å². The maximum absolute atomic E-state index is 13.4. The Morgan fingerprint density at radius 2 is 2.14 bits per heavy atom. The van der Waals surface area contributed by atoms with Gasteiger partial charge in [0.15, 0.2) is 0 Å². The molecule has 0 bridgehead atoms. The molecule has 1 N–H and O–H groups in total. The largest absolute Gasteiger partial charge is 0.361 e. The SMILES string of the molecule is Fc1cc(-c2ccc[nH]2)ccc1CBr. The van der Waals surface area contributed by atoms with E-state index in [4.69, 9.17) is 0 Å². The summed E-state index contributed by atoms with van der Waals surface area (Å²) in [6.07, 6.45) is 1.83. The second-order valence-corrected chi connectivity index (χ2v) is 3.58. The van der Waals surface area contributed by atoms with Gasteiger partial charge >= 0.3 is 0 Å². The zero-order chi connectivity index (χ0) is 9.97. The van der Waals surface area contributed by atoms with Crippen LogP contribution in [0, 0.1) is 5.82 Å². The number of aromatic nitrogens is 1. The summed E-state index contributed by atoms with van der Waals surface area (Å²) in [7, 11) is 0. The third kappa shape index (κ3) is 1.73. The van der Waals surface area contributed by atoms with Gasteiger partial charge in [-0.3, -0.25) is 0 Å². The predicted octanol–water partition coefficient (Wildman–Crippen LogP) is 3.72. The van der Waals surface area contributed by atoms with Crippen molar-refractivity contribution in [2.45, 2.75) is 5.33 Å². The summed E-state index contributed by atoms with van der Waals surface area (Å²) < 4.78 is 13.4. The first kappa shape index (κ1) is 9.46. The van der Waals surface area contributed by atoms with Gasteiger partial charge in [-0.1, -0.05) is 28.1 Å². The molecule has 1 heterocycles. The van der Waals surface area contributed by atoms with Crippen LogP contribution in [0.3, 0.4) is 0 Å². The highest BCUT2D eigenvalue weighted by Gasteiger charge is 2.03. The lowest BCUT2D eigenvalue weighted by atomic mass is 10.1. The standard InChI is InChI=1S/C11H9BrFN/c12-7-9-4-3-8(6-10(9)13)11-2-1-5-14-11/h1-6,14H,7H2. The Labute approximate surface area is 90.1 Å². The van der Waals surface area contributed by atoms with Crippen LogP contribution in [0.1, 0.15) is 5.56 Å². The summed E-state index contributed by atoms with van der Waals surface area (Å²) in [6, 6.07) is 9.06. The molecule has 2 aromatic rings. The molecule has 0 aliphatic heterocycles. The number of aromatic amines is 1. The first-order chi connectivity index (χ1) is 6.81. The average Bonchev–Trinajstić information content (AvgIpc) is 2.70. The highest BCUT2D eigenvalue weighted by molar-refractivity contribution is 9.08. The molecule has 0 aliphatic carbocycles. The van der Waals surface area contributed by atoms with Crippen LogP contribution in [0.4, 0.5) is 4.39 Å². The fourth-order valence-corrected chi connectivity index (χ4v) is 1.79. The number of benzene rings is 1. The molecule has 0 saturated heterocycles. The summed E-state index contributed by atoms with van der Waals surface area (Å²) >= 11 is 3.23. The Kier molecular flexibility index (Phi) is 2.68. The third-order valence-corrected chi connectivity index (χ3v) is 2.71. The number of nitrogens with one attached hydrogen (secondary N) is 1. The molecule has 0 amide bonds. The van der Waals surface area contributed by atoms with Gasteiger partial charge in [0.05, 0.1) is 0 Å². The Hall–Kier alpha value is -1.09. The highest BCUT2D eigenvalue weighted by atomic mass is 79.9. The number of rotatable bonds is 2. The first-order valence-corrected chi connectivity index (χ1v) is 5.41. The van der Waals surface area contributed by atoms with Crippen molar-refractivity contribution in [1.82, 2.24) is 4.98 Å². The van der Waals surface area contributed by atoms with Crippen LogP contribution in [0.2, 0.25) is 0 Å². The van der Waals surface area contributed by atoms with E-state index in [1.165, 1.54) is 0 Å². The summed E-state index contributed by atoms with van der Waals surface area (Å²) in [6.45, 7) is 0. The van der Waals surface area contributed by atoms with Crippen molar-refractivity contribution < 1.29 is 4.39 Å². The molecule has 0 aliphatic rings. The number of alkyl halides is 1. The molecule has 1 nitrogen and oxygen atoms in total. The van der Waals surface area contributed by atoms with Crippen molar-refractivity contribution in [3.8, 4) is 11.3 Å². The van der Waals surface area contributed by atoms with Gasteiger partial charge in [0, 0.05) is 22.8 Å². The van der Waals surface area contributed by atoms with E-state index in [2.05, 4.69) is 20.9 Å². The Balaban J connectivity index is 2.43. The van der Waals surface area contributed by atoms with E-state index in [0.29, 0.717) is 10.9 Å².